The van der Waals surface area contributed by atoms with Crippen molar-refractivity contribution in [2.45, 2.75) is 18.7 Å². The molecule has 4 nitrogen and oxygen atoms in total. The lowest BCUT2D eigenvalue weighted by Crippen LogP contribution is -2.19. The van der Waals surface area contributed by atoms with E-state index in [1.807, 2.05) is 24.3 Å². The molecular weight excluding hydrogens is 343 g/mol. The molecule has 0 bridgehead atoms. The van der Waals surface area contributed by atoms with Crippen molar-refractivity contribution in [1.29, 1.82) is 0 Å². The minimum atomic E-state index is -4.74. The van der Waals surface area contributed by atoms with Crippen LogP contribution in [0.3, 0.4) is 0 Å². The number of aromatic nitrogens is 2. The van der Waals surface area contributed by atoms with E-state index in [0.29, 0.717) is 18.5 Å². The summed E-state index contributed by atoms with van der Waals surface area (Å²) in [6, 6.07) is 13.8. The fourth-order valence-corrected chi connectivity index (χ4v) is 2.97. The van der Waals surface area contributed by atoms with Gasteiger partial charge in [-0.3, -0.25) is 5.10 Å². The maximum Gasteiger partial charge on any atom is 0.573 e. The Balaban J connectivity index is 1.95. The normalized spacial score (nSPS) is 12.8. The van der Waals surface area contributed by atoms with Crippen LogP contribution in [0.15, 0.2) is 60.9 Å². The minimum absolute atomic E-state index is 0.197. The predicted octanol–water partition coefficient (Wildman–Crippen LogP) is 4.46. The second-order valence-electron chi connectivity index (χ2n) is 5.82. The Kier molecular flexibility index (Phi) is 5.27. The van der Waals surface area contributed by atoms with Gasteiger partial charge in [0, 0.05) is 23.2 Å². The zero-order valence-corrected chi connectivity index (χ0v) is 13.8. The van der Waals surface area contributed by atoms with Crippen molar-refractivity contribution in [2.24, 2.45) is 5.73 Å². The van der Waals surface area contributed by atoms with E-state index in [4.69, 9.17) is 5.73 Å². The summed E-state index contributed by atoms with van der Waals surface area (Å²) in [4.78, 5) is 0. The van der Waals surface area contributed by atoms with Crippen molar-refractivity contribution in [3.63, 3.8) is 0 Å². The number of benzene rings is 2. The van der Waals surface area contributed by atoms with Gasteiger partial charge in [-0.25, -0.2) is 0 Å². The van der Waals surface area contributed by atoms with Crippen molar-refractivity contribution in [1.82, 2.24) is 10.2 Å². The van der Waals surface area contributed by atoms with Crippen LogP contribution in [0.2, 0.25) is 0 Å². The summed E-state index contributed by atoms with van der Waals surface area (Å²) in [6.45, 7) is 0.342. The van der Waals surface area contributed by atoms with Crippen LogP contribution in [0.5, 0.6) is 5.75 Å². The number of alkyl halides is 3. The highest BCUT2D eigenvalue weighted by atomic mass is 19.4. The zero-order valence-electron chi connectivity index (χ0n) is 13.8. The fourth-order valence-electron chi connectivity index (χ4n) is 2.97. The number of aromatic amines is 1. The predicted molar refractivity (Wildman–Crippen MR) is 92.7 cm³/mol. The Morgan fingerprint density at radius 1 is 1.04 bits per heavy atom. The molecule has 3 rings (SSSR count). The van der Waals surface area contributed by atoms with E-state index in [0.717, 1.165) is 16.7 Å². The quantitative estimate of drug-likeness (QED) is 0.681. The van der Waals surface area contributed by atoms with Crippen LogP contribution < -0.4 is 10.5 Å². The number of hydrogen-bond donors (Lipinski definition) is 2. The minimum Gasteiger partial charge on any atom is -0.405 e. The molecule has 0 aliphatic heterocycles. The molecule has 1 aromatic heterocycles. The highest BCUT2D eigenvalue weighted by Crippen LogP contribution is 2.37. The van der Waals surface area contributed by atoms with E-state index < -0.39 is 6.36 Å². The maximum absolute atomic E-state index is 12.7. The molecular formula is C19H18F3N3O. The lowest BCUT2D eigenvalue weighted by atomic mass is 9.87. The first kappa shape index (κ1) is 18.0. The Hall–Kier alpha value is -2.80. The largest absolute Gasteiger partial charge is 0.573 e. The summed E-state index contributed by atoms with van der Waals surface area (Å²) >= 11 is 0. The first-order valence-electron chi connectivity index (χ1n) is 8.12. The molecule has 136 valence electrons. The summed E-state index contributed by atoms with van der Waals surface area (Å²) in [5, 5.41) is 6.67. The molecule has 0 amide bonds. The number of hydrogen-bond acceptors (Lipinski definition) is 3. The number of nitrogens with one attached hydrogen (secondary N) is 1. The highest BCUT2D eigenvalue weighted by Gasteiger charge is 2.33. The third-order valence-corrected chi connectivity index (χ3v) is 4.12. The lowest BCUT2D eigenvalue weighted by molar-refractivity contribution is -0.274. The van der Waals surface area contributed by atoms with Crippen molar-refractivity contribution >= 4 is 0 Å². The average molecular weight is 361 g/mol. The van der Waals surface area contributed by atoms with E-state index in [2.05, 4.69) is 14.9 Å². The summed E-state index contributed by atoms with van der Waals surface area (Å²) in [7, 11) is 0. The molecule has 7 heteroatoms. The van der Waals surface area contributed by atoms with Gasteiger partial charge in [0.15, 0.2) is 0 Å². The SMILES string of the molecule is NCCC(c1ccc(-c2cn[nH]c2)cc1)c1ccccc1OC(F)(F)F. The molecule has 1 heterocycles. The number of para-hydroxylation sites is 1. The van der Waals surface area contributed by atoms with Crippen LogP contribution in [0.4, 0.5) is 13.2 Å². The first-order chi connectivity index (χ1) is 12.5. The van der Waals surface area contributed by atoms with Gasteiger partial charge < -0.3 is 10.5 Å². The maximum atomic E-state index is 12.7. The molecule has 0 saturated carbocycles. The zero-order chi connectivity index (χ0) is 18.6. The summed E-state index contributed by atoms with van der Waals surface area (Å²) in [6.07, 6.45) is -0.754. The van der Waals surface area contributed by atoms with Gasteiger partial charge in [0.1, 0.15) is 5.75 Å². The van der Waals surface area contributed by atoms with E-state index >= 15 is 0 Å². The third-order valence-electron chi connectivity index (χ3n) is 4.12. The molecule has 26 heavy (non-hydrogen) atoms. The van der Waals surface area contributed by atoms with Crippen molar-refractivity contribution in [3.8, 4) is 16.9 Å². The van der Waals surface area contributed by atoms with E-state index in [-0.39, 0.29) is 11.7 Å². The van der Waals surface area contributed by atoms with Gasteiger partial charge >= 0.3 is 6.36 Å². The van der Waals surface area contributed by atoms with Gasteiger partial charge in [0.25, 0.3) is 0 Å². The topological polar surface area (TPSA) is 63.9 Å². The summed E-state index contributed by atoms with van der Waals surface area (Å²) < 4.78 is 42.4. The monoisotopic (exact) mass is 361 g/mol. The molecule has 0 fully saturated rings. The molecule has 3 aromatic rings. The van der Waals surface area contributed by atoms with E-state index in [1.165, 1.54) is 12.1 Å². The average Bonchev–Trinajstić information content (AvgIpc) is 3.14. The number of nitrogens with zero attached hydrogens (tertiary/aromatic N) is 1. The van der Waals surface area contributed by atoms with Crippen molar-refractivity contribution in [3.05, 3.63) is 72.1 Å². The second kappa shape index (κ2) is 7.61. The van der Waals surface area contributed by atoms with Gasteiger partial charge in [0.2, 0.25) is 0 Å². The Morgan fingerprint density at radius 2 is 1.77 bits per heavy atom. The molecule has 0 spiro atoms. The van der Waals surface area contributed by atoms with Gasteiger partial charge in [0.05, 0.1) is 6.20 Å². The van der Waals surface area contributed by atoms with Crippen LogP contribution in [0.1, 0.15) is 23.5 Å². The Bertz CT molecular complexity index is 830. The van der Waals surface area contributed by atoms with E-state index in [1.54, 1.807) is 24.5 Å². The molecule has 0 saturated heterocycles. The molecule has 0 aliphatic carbocycles. The molecule has 1 unspecified atom stereocenters. The second-order valence-corrected chi connectivity index (χ2v) is 5.82. The third kappa shape index (κ3) is 4.23. The lowest BCUT2D eigenvalue weighted by Gasteiger charge is -2.21. The molecule has 1 atom stereocenters. The number of rotatable bonds is 6. The van der Waals surface area contributed by atoms with Crippen molar-refractivity contribution in [2.75, 3.05) is 6.54 Å². The van der Waals surface area contributed by atoms with Crippen molar-refractivity contribution < 1.29 is 17.9 Å². The summed E-state index contributed by atoms with van der Waals surface area (Å²) in [5.41, 5.74) is 8.96. The van der Waals surface area contributed by atoms with Crippen LogP contribution in [-0.4, -0.2) is 23.1 Å². The number of ether oxygens (including phenoxy) is 1. The smallest absolute Gasteiger partial charge is 0.405 e. The fraction of sp³-hybridized carbons (Fsp3) is 0.211. The number of nitrogens with two attached hydrogens (primary N) is 1. The van der Waals surface area contributed by atoms with Crippen LogP contribution in [0.25, 0.3) is 11.1 Å². The standard InChI is InChI=1S/C19H18F3N3O/c20-19(21,22)26-18-4-2-1-3-17(18)16(9-10-23)14-7-5-13(6-8-14)15-11-24-25-12-15/h1-8,11-12,16H,9-10,23H2,(H,24,25). The van der Waals surface area contributed by atoms with E-state index in [9.17, 15) is 13.2 Å². The molecule has 0 aliphatic rings. The first-order valence-corrected chi connectivity index (χ1v) is 8.12. The van der Waals surface area contributed by atoms with Crippen LogP contribution >= 0.6 is 0 Å². The summed E-state index contributed by atoms with van der Waals surface area (Å²) in [5.74, 6) is -0.491. The molecule has 3 N–H and O–H groups in total. The Labute approximate surface area is 148 Å². The Morgan fingerprint density at radius 3 is 2.38 bits per heavy atom. The number of halogens is 3. The highest BCUT2D eigenvalue weighted by molar-refractivity contribution is 5.62. The van der Waals surface area contributed by atoms with Gasteiger partial charge in [-0.05, 0) is 30.2 Å². The van der Waals surface area contributed by atoms with Crippen LogP contribution in [0, 0.1) is 0 Å². The molecule has 0 radical (unpaired) electrons. The number of H-pyrrole nitrogens is 1. The van der Waals surface area contributed by atoms with Gasteiger partial charge in [-0.1, -0.05) is 42.5 Å². The van der Waals surface area contributed by atoms with Gasteiger partial charge in [-0.15, -0.1) is 13.2 Å². The van der Waals surface area contributed by atoms with Gasteiger partial charge in [-0.2, -0.15) is 5.10 Å². The molecule has 2 aromatic carbocycles. The van der Waals surface area contributed by atoms with Crippen LogP contribution in [-0.2, 0) is 0 Å².